The minimum Gasteiger partial charge on any atom is -0.508 e. The van der Waals surface area contributed by atoms with E-state index in [4.69, 9.17) is 16.7 Å². The molecular weight excluding hydrogens is 232 g/mol. The second-order valence-electron chi connectivity index (χ2n) is 2.79. The van der Waals surface area contributed by atoms with Crippen molar-refractivity contribution in [2.45, 2.75) is 9.92 Å². The molecule has 0 spiro atoms. The topological polar surface area (TPSA) is 46.0 Å². The van der Waals surface area contributed by atoms with Gasteiger partial charge in [0.25, 0.3) is 0 Å². The van der Waals surface area contributed by atoms with Gasteiger partial charge in [-0.05, 0) is 36.4 Å². The maximum absolute atomic E-state index is 9.10. The highest BCUT2D eigenvalue weighted by atomic mass is 35.5. The molecule has 0 aliphatic heterocycles. The first-order valence-corrected chi connectivity index (χ1v) is 5.39. The summed E-state index contributed by atoms with van der Waals surface area (Å²) in [6.45, 7) is 0. The minimum atomic E-state index is 0.251. The van der Waals surface area contributed by atoms with Gasteiger partial charge in [-0.15, -0.1) is 10.2 Å². The van der Waals surface area contributed by atoms with Gasteiger partial charge in [0.15, 0.2) is 5.15 Å². The Balaban J connectivity index is 2.15. The quantitative estimate of drug-likeness (QED) is 0.874. The molecule has 0 radical (unpaired) electrons. The van der Waals surface area contributed by atoms with Crippen molar-refractivity contribution < 1.29 is 5.11 Å². The molecule has 0 aliphatic rings. The molecule has 0 saturated carbocycles. The molecule has 0 saturated heterocycles. The zero-order valence-electron chi connectivity index (χ0n) is 7.59. The average molecular weight is 239 g/mol. The highest BCUT2D eigenvalue weighted by molar-refractivity contribution is 7.99. The molecule has 15 heavy (non-hydrogen) atoms. The van der Waals surface area contributed by atoms with Crippen molar-refractivity contribution in [1.82, 2.24) is 10.2 Å². The summed E-state index contributed by atoms with van der Waals surface area (Å²) in [5.41, 5.74) is 0. The maximum Gasteiger partial charge on any atom is 0.151 e. The van der Waals surface area contributed by atoms with E-state index in [1.807, 2.05) is 12.1 Å². The Kier molecular flexibility index (Phi) is 3.08. The molecular formula is C10H7ClN2OS. The Morgan fingerprint density at radius 3 is 2.33 bits per heavy atom. The van der Waals surface area contributed by atoms with E-state index in [-0.39, 0.29) is 5.75 Å². The van der Waals surface area contributed by atoms with E-state index in [2.05, 4.69) is 10.2 Å². The Bertz CT molecular complexity index is 400. The fraction of sp³-hybridized carbons (Fsp3) is 0. The second kappa shape index (κ2) is 4.51. The van der Waals surface area contributed by atoms with E-state index in [9.17, 15) is 0 Å². The third-order valence-corrected chi connectivity index (χ3v) is 2.80. The SMILES string of the molecule is Oc1ccc(Sc2ccc(Cl)nn2)cc1. The first-order valence-electron chi connectivity index (χ1n) is 4.20. The van der Waals surface area contributed by atoms with Gasteiger partial charge in [-0.1, -0.05) is 23.4 Å². The second-order valence-corrected chi connectivity index (χ2v) is 4.27. The van der Waals surface area contributed by atoms with Crippen LogP contribution in [0.3, 0.4) is 0 Å². The van der Waals surface area contributed by atoms with E-state index >= 15 is 0 Å². The zero-order chi connectivity index (χ0) is 10.7. The molecule has 1 N–H and O–H groups in total. The van der Waals surface area contributed by atoms with E-state index in [0.717, 1.165) is 9.92 Å². The normalized spacial score (nSPS) is 10.2. The van der Waals surface area contributed by atoms with Gasteiger partial charge in [0, 0.05) is 4.90 Å². The maximum atomic E-state index is 9.10. The fourth-order valence-electron chi connectivity index (χ4n) is 0.993. The van der Waals surface area contributed by atoms with Gasteiger partial charge in [-0.2, -0.15) is 0 Å². The van der Waals surface area contributed by atoms with Crippen LogP contribution < -0.4 is 0 Å². The van der Waals surface area contributed by atoms with Crippen LogP contribution in [0.15, 0.2) is 46.3 Å². The van der Waals surface area contributed by atoms with Crippen LogP contribution in [-0.4, -0.2) is 15.3 Å². The van der Waals surface area contributed by atoms with E-state index in [1.54, 1.807) is 24.3 Å². The Labute approximate surface area is 96.1 Å². The first kappa shape index (κ1) is 10.3. The van der Waals surface area contributed by atoms with E-state index in [1.165, 1.54) is 11.8 Å². The summed E-state index contributed by atoms with van der Waals surface area (Å²) >= 11 is 7.08. The van der Waals surface area contributed by atoms with Gasteiger partial charge in [0.1, 0.15) is 10.8 Å². The van der Waals surface area contributed by atoms with Crippen molar-refractivity contribution in [3.63, 3.8) is 0 Å². The Morgan fingerprint density at radius 1 is 1.00 bits per heavy atom. The molecule has 1 aromatic heterocycles. The van der Waals surface area contributed by atoms with Crippen molar-refractivity contribution >= 4 is 23.4 Å². The third-order valence-electron chi connectivity index (χ3n) is 1.67. The van der Waals surface area contributed by atoms with E-state index in [0.29, 0.717) is 5.15 Å². The van der Waals surface area contributed by atoms with Gasteiger partial charge in [-0.25, -0.2) is 0 Å². The highest BCUT2D eigenvalue weighted by Crippen LogP contribution is 2.26. The molecule has 1 aromatic carbocycles. The summed E-state index contributed by atoms with van der Waals surface area (Å²) in [5.74, 6) is 0.251. The molecule has 1 heterocycles. The lowest BCUT2D eigenvalue weighted by molar-refractivity contribution is 0.475. The van der Waals surface area contributed by atoms with Crippen LogP contribution in [0.4, 0.5) is 0 Å². The van der Waals surface area contributed by atoms with Gasteiger partial charge < -0.3 is 5.11 Å². The Morgan fingerprint density at radius 2 is 1.73 bits per heavy atom. The number of aromatic hydroxyl groups is 1. The van der Waals surface area contributed by atoms with Crippen molar-refractivity contribution in [1.29, 1.82) is 0 Å². The third kappa shape index (κ3) is 2.84. The molecule has 2 aromatic rings. The molecule has 0 bridgehead atoms. The lowest BCUT2D eigenvalue weighted by Gasteiger charge is -1.99. The standard InChI is InChI=1S/C10H7ClN2OS/c11-9-5-6-10(13-12-9)15-8-3-1-7(14)2-4-8/h1-6,14H. The molecule has 0 fully saturated rings. The van der Waals surface area contributed by atoms with Crippen molar-refractivity contribution in [2.24, 2.45) is 0 Å². The van der Waals surface area contributed by atoms with Crippen LogP contribution >= 0.6 is 23.4 Å². The van der Waals surface area contributed by atoms with E-state index < -0.39 is 0 Å². The predicted octanol–water partition coefficient (Wildman–Crippen LogP) is 2.99. The molecule has 3 nitrogen and oxygen atoms in total. The van der Waals surface area contributed by atoms with Gasteiger partial charge in [-0.3, -0.25) is 0 Å². The van der Waals surface area contributed by atoms with Crippen molar-refractivity contribution in [2.75, 3.05) is 0 Å². The van der Waals surface area contributed by atoms with Crippen LogP contribution in [0, 0.1) is 0 Å². The van der Waals surface area contributed by atoms with Crippen LogP contribution in [0.1, 0.15) is 0 Å². The van der Waals surface area contributed by atoms with Crippen LogP contribution in [0.2, 0.25) is 5.15 Å². The lowest BCUT2D eigenvalue weighted by atomic mass is 10.3. The molecule has 2 rings (SSSR count). The monoisotopic (exact) mass is 238 g/mol. The minimum absolute atomic E-state index is 0.251. The summed E-state index contributed by atoms with van der Waals surface area (Å²) < 4.78 is 0. The fourth-order valence-corrected chi connectivity index (χ4v) is 1.83. The number of phenolic OH excluding ortho intramolecular Hbond substituents is 1. The molecule has 76 valence electrons. The lowest BCUT2D eigenvalue weighted by Crippen LogP contribution is -1.84. The number of rotatable bonds is 2. The number of hydrogen-bond acceptors (Lipinski definition) is 4. The number of nitrogens with zero attached hydrogens (tertiary/aromatic N) is 2. The molecule has 0 amide bonds. The summed E-state index contributed by atoms with van der Waals surface area (Å²) in [6.07, 6.45) is 0. The molecule has 0 unspecified atom stereocenters. The number of phenols is 1. The smallest absolute Gasteiger partial charge is 0.151 e. The number of hydrogen-bond donors (Lipinski definition) is 1. The average Bonchev–Trinajstić information content (AvgIpc) is 2.25. The molecule has 0 atom stereocenters. The molecule has 5 heteroatoms. The van der Waals surface area contributed by atoms with Crippen molar-refractivity contribution in [3.05, 3.63) is 41.6 Å². The summed E-state index contributed by atoms with van der Waals surface area (Å²) in [7, 11) is 0. The van der Waals surface area contributed by atoms with Crippen LogP contribution in [0.5, 0.6) is 5.75 Å². The first-order chi connectivity index (χ1) is 7.24. The van der Waals surface area contributed by atoms with Crippen molar-refractivity contribution in [3.8, 4) is 5.75 Å². The summed E-state index contributed by atoms with van der Waals surface area (Å²) in [4.78, 5) is 0.990. The molecule has 0 aliphatic carbocycles. The summed E-state index contributed by atoms with van der Waals surface area (Å²) in [5, 5.41) is 17.9. The largest absolute Gasteiger partial charge is 0.508 e. The Hall–Kier alpha value is -1.26. The zero-order valence-corrected chi connectivity index (χ0v) is 9.16. The van der Waals surface area contributed by atoms with Crippen LogP contribution in [0.25, 0.3) is 0 Å². The highest BCUT2D eigenvalue weighted by Gasteiger charge is 1.99. The number of aromatic nitrogens is 2. The number of benzene rings is 1. The predicted molar refractivity (Wildman–Crippen MR) is 59.3 cm³/mol. The van der Waals surface area contributed by atoms with Gasteiger partial charge in [0.05, 0.1) is 0 Å². The van der Waals surface area contributed by atoms with Gasteiger partial charge in [0.2, 0.25) is 0 Å². The summed E-state index contributed by atoms with van der Waals surface area (Å²) in [6, 6.07) is 10.4. The van der Waals surface area contributed by atoms with Crippen LogP contribution in [-0.2, 0) is 0 Å². The van der Waals surface area contributed by atoms with Gasteiger partial charge >= 0.3 is 0 Å². The number of halogens is 1.